The number of methoxy groups -OCH3 is 1. The van der Waals surface area contributed by atoms with Gasteiger partial charge in [-0.05, 0) is 62.7 Å². The summed E-state index contributed by atoms with van der Waals surface area (Å²) < 4.78 is 16.1. The van der Waals surface area contributed by atoms with Gasteiger partial charge in [0.25, 0.3) is 0 Å². The third kappa shape index (κ3) is 5.50. The largest absolute Gasteiger partial charge is 2.00 e. The normalized spacial score (nSPS) is 16.4. The zero-order chi connectivity index (χ0) is 30.5. The summed E-state index contributed by atoms with van der Waals surface area (Å²) >= 11 is 0. The van der Waals surface area contributed by atoms with Gasteiger partial charge in [-0.15, -0.1) is 35.7 Å². The molecule has 3 heterocycles. The Morgan fingerprint density at radius 1 is 0.911 bits per heavy atom. The van der Waals surface area contributed by atoms with E-state index in [0.717, 1.165) is 62.4 Å². The third-order valence-electron chi connectivity index (χ3n) is 8.97. The Kier molecular flexibility index (Phi) is 8.45. The molecule has 3 aromatic heterocycles. The van der Waals surface area contributed by atoms with Gasteiger partial charge in [-0.2, -0.15) is 16.7 Å². The molecule has 1 unspecified atom stereocenters. The Bertz CT molecular complexity index is 2070. The molecule has 7 heteroatoms. The zero-order valence-corrected chi connectivity index (χ0v) is 28.7. The van der Waals surface area contributed by atoms with Crippen molar-refractivity contribution in [2.45, 2.75) is 53.4 Å². The van der Waals surface area contributed by atoms with Gasteiger partial charge in [-0.1, -0.05) is 49.2 Å². The van der Waals surface area contributed by atoms with Crippen molar-refractivity contribution in [3.8, 4) is 28.8 Å². The van der Waals surface area contributed by atoms with E-state index < -0.39 is 0 Å². The van der Waals surface area contributed by atoms with Crippen LogP contribution >= 0.6 is 0 Å². The zero-order valence-electron chi connectivity index (χ0n) is 26.4. The van der Waals surface area contributed by atoms with Gasteiger partial charge < -0.3 is 14.0 Å². The number of aryl methyl sites for hydroxylation is 2. The van der Waals surface area contributed by atoms with Crippen molar-refractivity contribution in [3.63, 3.8) is 0 Å². The van der Waals surface area contributed by atoms with Crippen LogP contribution in [0.15, 0.2) is 78.5 Å². The van der Waals surface area contributed by atoms with Crippen molar-refractivity contribution in [2.24, 2.45) is 5.92 Å². The molecule has 230 valence electrons. The first-order valence-electron chi connectivity index (χ1n) is 15.2. The topological polar surface area (TPSA) is 54.1 Å². The second-order valence-electron chi connectivity index (χ2n) is 12.0. The smallest absolute Gasteiger partial charge is 0.509 e. The summed E-state index contributed by atoms with van der Waals surface area (Å²) in [5.41, 5.74) is 8.87. The molecule has 0 spiro atoms. The number of hydrogen-bond acceptors (Lipinski definition) is 4. The summed E-state index contributed by atoms with van der Waals surface area (Å²) in [6.45, 7) is 11.0. The van der Waals surface area contributed by atoms with Crippen LogP contribution in [-0.4, -0.2) is 26.4 Å². The van der Waals surface area contributed by atoms with Crippen LogP contribution in [0.25, 0.3) is 33.3 Å². The maximum absolute atomic E-state index is 6.47. The van der Waals surface area contributed by atoms with Crippen LogP contribution in [0.2, 0.25) is 0 Å². The van der Waals surface area contributed by atoms with Gasteiger partial charge in [0.15, 0.2) is 0 Å². The number of hydrogen-bond donors (Lipinski definition) is 0. The molecule has 7 rings (SSSR count). The molecule has 1 aliphatic carbocycles. The molecule has 0 fully saturated rings. The number of para-hydroxylation sites is 1. The number of nitrogens with zero attached hydrogens (tertiary/aromatic N) is 4. The first kappa shape index (κ1) is 30.9. The minimum Gasteiger partial charge on any atom is -0.509 e. The van der Waals surface area contributed by atoms with Crippen LogP contribution in [0, 0.1) is 38.8 Å². The molecule has 2 atom stereocenters. The number of aromatic nitrogens is 4. The Balaban J connectivity index is 0.00000357. The second kappa shape index (κ2) is 12.3. The number of allylic oxidation sites excluding steroid dienone is 2. The van der Waals surface area contributed by atoms with E-state index >= 15 is 0 Å². The van der Waals surface area contributed by atoms with Gasteiger partial charge >= 0.3 is 21.1 Å². The van der Waals surface area contributed by atoms with Gasteiger partial charge in [0.2, 0.25) is 0 Å². The molecule has 0 bridgehead atoms. The Morgan fingerprint density at radius 3 is 2.53 bits per heavy atom. The van der Waals surface area contributed by atoms with Gasteiger partial charge in [0, 0.05) is 46.5 Å². The molecule has 0 aliphatic heterocycles. The molecule has 0 saturated heterocycles. The van der Waals surface area contributed by atoms with E-state index in [2.05, 4.69) is 92.7 Å². The summed E-state index contributed by atoms with van der Waals surface area (Å²) in [7, 11) is 1.66. The second-order valence-corrected chi connectivity index (χ2v) is 12.0. The molecule has 0 amide bonds. The van der Waals surface area contributed by atoms with E-state index in [1.807, 2.05) is 35.0 Å². The third-order valence-corrected chi connectivity index (χ3v) is 8.97. The van der Waals surface area contributed by atoms with Crippen LogP contribution in [0.5, 0.6) is 17.2 Å². The number of rotatable bonds is 6. The quantitative estimate of drug-likeness (QED) is 0.125. The first-order valence-corrected chi connectivity index (χ1v) is 15.2. The molecule has 0 N–H and O–H groups in total. The summed E-state index contributed by atoms with van der Waals surface area (Å²) in [5, 5.41) is 7.21. The maximum Gasteiger partial charge on any atom is 2.00 e. The fourth-order valence-corrected chi connectivity index (χ4v) is 6.94. The van der Waals surface area contributed by atoms with E-state index in [1.165, 1.54) is 17.6 Å². The summed E-state index contributed by atoms with van der Waals surface area (Å²) in [6, 6.07) is 27.3. The summed E-state index contributed by atoms with van der Waals surface area (Å²) in [6.07, 6.45) is 6.51. The molecule has 6 aromatic rings. The van der Waals surface area contributed by atoms with Gasteiger partial charge in [0.05, 0.1) is 12.8 Å². The Labute approximate surface area is 279 Å². The van der Waals surface area contributed by atoms with E-state index in [4.69, 9.17) is 14.6 Å². The van der Waals surface area contributed by atoms with Gasteiger partial charge in [0.1, 0.15) is 11.6 Å². The molecule has 45 heavy (non-hydrogen) atoms. The van der Waals surface area contributed by atoms with Crippen molar-refractivity contribution in [1.29, 1.82) is 0 Å². The SMILES string of the molecule is COc1ccnc(-n2c3[c-]c(Oc4[c-]c(-n5nc(C)c(C6C(C)=CCC[C@@H]6C)c5C)cc(C)c4)ccc3c3ccccc32)c1.[Pt+2]. The molecule has 1 aliphatic rings. The van der Waals surface area contributed by atoms with Crippen LogP contribution in [0.3, 0.4) is 0 Å². The minimum absolute atomic E-state index is 0. The monoisotopic (exact) mass is 775 g/mol. The molecular weight excluding hydrogens is 740 g/mol. The predicted molar refractivity (Wildman–Crippen MR) is 176 cm³/mol. The van der Waals surface area contributed by atoms with Crippen molar-refractivity contribution >= 4 is 21.8 Å². The summed E-state index contributed by atoms with van der Waals surface area (Å²) in [4.78, 5) is 4.66. The van der Waals surface area contributed by atoms with Crippen molar-refractivity contribution in [1.82, 2.24) is 19.3 Å². The number of pyridine rings is 1. The number of benzene rings is 3. The maximum atomic E-state index is 6.47. The number of ether oxygens (including phenoxy) is 2. The average Bonchev–Trinajstić information content (AvgIpc) is 3.50. The molecule has 3 aromatic carbocycles. The summed E-state index contributed by atoms with van der Waals surface area (Å²) in [5.74, 6) is 3.70. The predicted octanol–water partition coefficient (Wildman–Crippen LogP) is 9.15. The molecular formula is C38H36N4O2Pt. The minimum atomic E-state index is 0. The van der Waals surface area contributed by atoms with Crippen LogP contribution in [-0.2, 0) is 21.1 Å². The number of fused-ring (bicyclic) bond motifs is 3. The van der Waals surface area contributed by atoms with Crippen molar-refractivity contribution in [2.75, 3.05) is 7.11 Å². The van der Waals surface area contributed by atoms with E-state index in [1.54, 1.807) is 13.3 Å². The van der Waals surface area contributed by atoms with E-state index in [0.29, 0.717) is 23.3 Å². The standard InChI is InChI=1S/C38H36N4O2.Pt/c1-23-18-28(42-27(5)38(26(4)40-42)37-24(2)10-9-11-25(37)3)20-31(19-23)44-30-14-15-33-32-12-7-8-13-34(32)41(35(33)21-30)36-22-29(43-6)16-17-39-36;/h7-8,10,12-19,22,25,37H,9,11H2,1-6H3;/q-2;+2/t25-,37?;/m0./s1. The van der Waals surface area contributed by atoms with Crippen molar-refractivity contribution < 1.29 is 30.5 Å². The molecule has 0 radical (unpaired) electrons. The van der Waals surface area contributed by atoms with Gasteiger partial charge in [-0.3, -0.25) is 4.68 Å². The first-order chi connectivity index (χ1) is 21.3. The van der Waals surface area contributed by atoms with Crippen LogP contribution < -0.4 is 9.47 Å². The Morgan fingerprint density at radius 2 is 1.73 bits per heavy atom. The van der Waals surface area contributed by atoms with Crippen LogP contribution in [0.4, 0.5) is 0 Å². The average molecular weight is 776 g/mol. The molecule has 0 saturated carbocycles. The van der Waals surface area contributed by atoms with Crippen LogP contribution in [0.1, 0.15) is 55.1 Å². The van der Waals surface area contributed by atoms with E-state index in [-0.39, 0.29) is 21.1 Å². The van der Waals surface area contributed by atoms with E-state index in [9.17, 15) is 0 Å². The van der Waals surface area contributed by atoms with Gasteiger partial charge in [-0.25, -0.2) is 4.98 Å². The fourth-order valence-electron chi connectivity index (χ4n) is 6.94. The fraction of sp³-hybridized carbons (Fsp3) is 0.263. The van der Waals surface area contributed by atoms with Crippen molar-refractivity contribution in [3.05, 3.63) is 113 Å². The Hall–Kier alpha value is -4.15. The molecule has 6 nitrogen and oxygen atoms in total.